The van der Waals surface area contributed by atoms with E-state index in [0.717, 1.165) is 19.0 Å². The Morgan fingerprint density at radius 1 is 1.62 bits per heavy atom. The standard InChI is InChI=1S/C9H16N2OS/c1-7(2)11-8(3-10)6-13-9-4-12-5-9/h7-9,11H,4-6H2,1-2H3. The van der Waals surface area contributed by atoms with Crippen molar-refractivity contribution in [2.45, 2.75) is 31.2 Å². The number of ether oxygens (including phenoxy) is 1. The number of rotatable bonds is 5. The molecule has 0 aromatic heterocycles. The molecule has 13 heavy (non-hydrogen) atoms. The summed E-state index contributed by atoms with van der Waals surface area (Å²) in [7, 11) is 0. The maximum Gasteiger partial charge on any atom is 0.105 e. The van der Waals surface area contributed by atoms with Crippen molar-refractivity contribution in [3.8, 4) is 6.07 Å². The van der Waals surface area contributed by atoms with Crippen molar-refractivity contribution in [1.82, 2.24) is 5.32 Å². The van der Waals surface area contributed by atoms with Gasteiger partial charge in [-0.15, -0.1) is 0 Å². The van der Waals surface area contributed by atoms with Gasteiger partial charge in [-0.25, -0.2) is 0 Å². The summed E-state index contributed by atoms with van der Waals surface area (Å²) in [6, 6.07) is 2.62. The molecule has 1 heterocycles. The van der Waals surface area contributed by atoms with E-state index >= 15 is 0 Å². The highest BCUT2D eigenvalue weighted by Crippen LogP contribution is 2.19. The summed E-state index contributed by atoms with van der Waals surface area (Å²) in [5, 5.41) is 12.6. The van der Waals surface area contributed by atoms with Gasteiger partial charge in [0.15, 0.2) is 0 Å². The summed E-state index contributed by atoms with van der Waals surface area (Å²) in [6.45, 7) is 5.82. The second-order valence-corrected chi connectivity index (χ2v) is 4.83. The monoisotopic (exact) mass is 200 g/mol. The normalized spacial score (nSPS) is 19.5. The molecule has 4 heteroatoms. The number of thioether (sulfide) groups is 1. The lowest BCUT2D eigenvalue weighted by Gasteiger charge is -2.26. The molecule has 3 nitrogen and oxygen atoms in total. The maximum absolute atomic E-state index is 8.82. The van der Waals surface area contributed by atoms with Gasteiger partial charge >= 0.3 is 0 Å². The van der Waals surface area contributed by atoms with Crippen LogP contribution in [0, 0.1) is 11.3 Å². The van der Waals surface area contributed by atoms with Gasteiger partial charge < -0.3 is 4.74 Å². The van der Waals surface area contributed by atoms with E-state index in [0.29, 0.717) is 11.3 Å². The highest BCUT2D eigenvalue weighted by atomic mass is 32.2. The van der Waals surface area contributed by atoms with Crippen molar-refractivity contribution in [3.63, 3.8) is 0 Å². The van der Waals surface area contributed by atoms with Crippen molar-refractivity contribution in [1.29, 1.82) is 5.26 Å². The van der Waals surface area contributed by atoms with Crippen LogP contribution in [-0.2, 0) is 4.74 Å². The minimum atomic E-state index is -0.0226. The predicted octanol–water partition coefficient (Wildman–Crippen LogP) is 1.01. The van der Waals surface area contributed by atoms with Gasteiger partial charge in [-0.05, 0) is 13.8 Å². The summed E-state index contributed by atoms with van der Waals surface area (Å²) >= 11 is 1.83. The van der Waals surface area contributed by atoms with Crippen molar-refractivity contribution in [2.75, 3.05) is 19.0 Å². The second kappa shape index (κ2) is 5.48. The molecular weight excluding hydrogens is 184 g/mol. The molecule has 1 atom stereocenters. The summed E-state index contributed by atoms with van der Waals surface area (Å²) in [6.07, 6.45) is 0. The Morgan fingerprint density at radius 2 is 2.31 bits per heavy atom. The zero-order valence-electron chi connectivity index (χ0n) is 8.12. The second-order valence-electron chi connectivity index (χ2n) is 3.50. The molecule has 0 amide bonds. The largest absolute Gasteiger partial charge is 0.379 e. The Morgan fingerprint density at radius 3 is 2.69 bits per heavy atom. The first kappa shape index (κ1) is 10.8. The van der Waals surface area contributed by atoms with Crippen molar-refractivity contribution in [3.05, 3.63) is 0 Å². The van der Waals surface area contributed by atoms with E-state index in [1.165, 1.54) is 0 Å². The quantitative estimate of drug-likeness (QED) is 0.719. The van der Waals surface area contributed by atoms with Gasteiger partial charge in [0.2, 0.25) is 0 Å². The smallest absolute Gasteiger partial charge is 0.105 e. The van der Waals surface area contributed by atoms with Crippen LogP contribution in [-0.4, -0.2) is 36.3 Å². The van der Waals surface area contributed by atoms with Crippen molar-refractivity contribution in [2.24, 2.45) is 0 Å². The molecule has 74 valence electrons. The third-order valence-corrected chi connectivity index (χ3v) is 3.07. The molecule has 1 saturated heterocycles. The first-order valence-corrected chi connectivity index (χ1v) is 5.62. The fourth-order valence-electron chi connectivity index (χ4n) is 1.07. The van der Waals surface area contributed by atoms with Crippen LogP contribution in [0.1, 0.15) is 13.8 Å². The molecule has 1 aliphatic heterocycles. The van der Waals surface area contributed by atoms with E-state index in [9.17, 15) is 0 Å². The zero-order valence-corrected chi connectivity index (χ0v) is 8.93. The molecule has 1 rings (SSSR count). The van der Waals surface area contributed by atoms with E-state index in [1.54, 1.807) is 0 Å². The van der Waals surface area contributed by atoms with Crippen LogP contribution in [0.2, 0.25) is 0 Å². The van der Waals surface area contributed by atoms with E-state index in [1.807, 2.05) is 11.8 Å². The van der Waals surface area contributed by atoms with Gasteiger partial charge in [-0.2, -0.15) is 17.0 Å². The van der Waals surface area contributed by atoms with Crippen molar-refractivity contribution >= 4 is 11.8 Å². The average Bonchev–Trinajstić information content (AvgIpc) is 1.99. The Labute approximate surface area is 83.8 Å². The highest BCUT2D eigenvalue weighted by Gasteiger charge is 2.20. The minimum absolute atomic E-state index is 0.0226. The summed E-state index contributed by atoms with van der Waals surface area (Å²) in [5.41, 5.74) is 0. The minimum Gasteiger partial charge on any atom is -0.379 e. The summed E-state index contributed by atoms with van der Waals surface area (Å²) in [5.74, 6) is 0.864. The molecule has 0 saturated carbocycles. The van der Waals surface area contributed by atoms with E-state index < -0.39 is 0 Å². The number of hydrogen-bond donors (Lipinski definition) is 1. The van der Waals surface area contributed by atoms with Gasteiger partial charge in [0.05, 0.1) is 24.5 Å². The van der Waals surface area contributed by atoms with Crippen LogP contribution in [0.25, 0.3) is 0 Å². The number of nitriles is 1. The molecule has 0 aromatic carbocycles. The van der Waals surface area contributed by atoms with Gasteiger partial charge in [-0.1, -0.05) is 0 Å². The first-order chi connectivity index (χ1) is 6.22. The lowest BCUT2D eigenvalue weighted by molar-refractivity contribution is 0.0455. The lowest BCUT2D eigenvalue weighted by Crippen LogP contribution is -2.38. The molecule has 0 aliphatic carbocycles. The Kier molecular flexibility index (Phi) is 4.57. The van der Waals surface area contributed by atoms with Crippen LogP contribution < -0.4 is 5.32 Å². The number of nitrogens with one attached hydrogen (secondary N) is 1. The van der Waals surface area contributed by atoms with Gasteiger partial charge in [0, 0.05) is 11.8 Å². The molecule has 1 fully saturated rings. The number of hydrogen-bond acceptors (Lipinski definition) is 4. The fourth-order valence-corrected chi connectivity index (χ4v) is 2.09. The van der Waals surface area contributed by atoms with E-state index in [4.69, 9.17) is 10.00 Å². The van der Waals surface area contributed by atoms with Crippen LogP contribution in [0.5, 0.6) is 0 Å². The molecule has 0 radical (unpaired) electrons. The van der Waals surface area contributed by atoms with Crippen LogP contribution in [0.3, 0.4) is 0 Å². The Hall–Kier alpha value is -0.240. The molecule has 0 bridgehead atoms. The molecule has 1 N–H and O–H groups in total. The molecular formula is C9H16N2OS. The predicted molar refractivity (Wildman–Crippen MR) is 54.7 cm³/mol. The van der Waals surface area contributed by atoms with E-state index in [-0.39, 0.29) is 6.04 Å². The van der Waals surface area contributed by atoms with Crippen LogP contribution >= 0.6 is 11.8 Å². The molecule has 1 unspecified atom stereocenters. The lowest BCUT2D eigenvalue weighted by atomic mass is 10.3. The summed E-state index contributed by atoms with van der Waals surface area (Å²) in [4.78, 5) is 0. The van der Waals surface area contributed by atoms with Crippen LogP contribution in [0.4, 0.5) is 0 Å². The third kappa shape index (κ3) is 3.99. The van der Waals surface area contributed by atoms with E-state index in [2.05, 4.69) is 25.2 Å². The molecule has 1 aliphatic rings. The van der Waals surface area contributed by atoms with Crippen molar-refractivity contribution < 1.29 is 4.74 Å². The zero-order chi connectivity index (χ0) is 9.68. The van der Waals surface area contributed by atoms with Crippen LogP contribution in [0.15, 0.2) is 0 Å². The van der Waals surface area contributed by atoms with Gasteiger partial charge in [0.1, 0.15) is 6.04 Å². The highest BCUT2D eigenvalue weighted by molar-refractivity contribution is 8.00. The first-order valence-electron chi connectivity index (χ1n) is 4.57. The summed E-state index contributed by atoms with van der Waals surface area (Å²) < 4.78 is 5.06. The third-order valence-electron chi connectivity index (χ3n) is 1.80. The van der Waals surface area contributed by atoms with Gasteiger partial charge in [-0.3, -0.25) is 5.32 Å². The maximum atomic E-state index is 8.82. The molecule has 0 spiro atoms. The van der Waals surface area contributed by atoms with Gasteiger partial charge in [0.25, 0.3) is 0 Å². The topological polar surface area (TPSA) is 45.0 Å². The Bertz CT molecular complexity index is 187. The number of nitrogens with zero attached hydrogens (tertiary/aromatic N) is 1. The molecule has 0 aromatic rings. The average molecular weight is 200 g/mol. The fraction of sp³-hybridized carbons (Fsp3) is 0.889. The SMILES string of the molecule is CC(C)NC(C#N)CSC1COC1. The Balaban J connectivity index is 2.12.